The molecule has 16 rings (SSSR count). The van der Waals surface area contributed by atoms with Gasteiger partial charge in [-0.05, 0) is 301 Å². The Balaban J connectivity index is 0.000000183. The molecule has 0 aliphatic heterocycles. The van der Waals surface area contributed by atoms with Gasteiger partial charge in [-0.1, -0.05) is 331 Å². The number of pyridine rings is 8. The van der Waals surface area contributed by atoms with E-state index in [0.717, 1.165) is 77.7 Å². The van der Waals surface area contributed by atoms with E-state index in [1.165, 1.54) is 87.7 Å². The third-order valence-electron chi connectivity index (χ3n) is 24.5. The summed E-state index contributed by atoms with van der Waals surface area (Å²) < 4.78 is 66.0. The number of aryl methyl sites for hydroxylation is 4. The normalized spacial score (nSPS) is 12.7. The van der Waals surface area contributed by atoms with Crippen molar-refractivity contribution in [2.24, 2.45) is 47.3 Å². The van der Waals surface area contributed by atoms with E-state index in [0.29, 0.717) is 84.1 Å². The second kappa shape index (κ2) is 58.1. The highest BCUT2D eigenvalue weighted by molar-refractivity contribution is 6.32. The van der Waals surface area contributed by atoms with E-state index in [1.54, 1.807) is 36.8 Å². The molecule has 0 radical (unpaired) electrons. The van der Waals surface area contributed by atoms with Crippen molar-refractivity contribution < 1.29 is 22.0 Å². The van der Waals surface area contributed by atoms with Crippen molar-refractivity contribution in [3.05, 3.63) is 517 Å². The van der Waals surface area contributed by atoms with Crippen molar-refractivity contribution in [3.63, 3.8) is 0 Å². The molecule has 0 saturated heterocycles. The maximum atomic E-state index is 13.9. The highest BCUT2D eigenvalue weighted by Gasteiger charge is 2.28. The van der Waals surface area contributed by atoms with Gasteiger partial charge in [0.1, 0.15) is 23.3 Å². The molecule has 8 aromatic carbocycles. The molecule has 0 fully saturated rings. The first-order valence-electron chi connectivity index (χ1n) is 48.8. The first kappa shape index (κ1) is 116. The molecule has 8 aromatic heterocycles. The van der Waals surface area contributed by atoms with Gasteiger partial charge in [-0.2, -0.15) is 4.39 Å². The van der Waals surface area contributed by atoms with E-state index in [9.17, 15) is 22.0 Å². The van der Waals surface area contributed by atoms with E-state index >= 15 is 0 Å². The number of halogens is 12. The lowest BCUT2D eigenvalue weighted by molar-refractivity contribution is 0.509. The lowest BCUT2D eigenvalue weighted by Crippen LogP contribution is -2.12. The van der Waals surface area contributed by atoms with Gasteiger partial charge in [-0.3, -0.25) is 34.9 Å². The summed E-state index contributed by atoms with van der Waals surface area (Å²) >= 11 is 41.3. The lowest BCUT2D eigenvalue weighted by atomic mass is 9.85. The average Bonchev–Trinajstić information content (AvgIpc) is 0.765. The van der Waals surface area contributed by atoms with E-state index in [1.807, 2.05) is 189 Å². The summed E-state index contributed by atoms with van der Waals surface area (Å²) in [6.45, 7) is 42.8. The van der Waals surface area contributed by atoms with Crippen LogP contribution < -0.4 is 0 Å². The van der Waals surface area contributed by atoms with Crippen molar-refractivity contribution in [2.75, 3.05) is 0 Å². The van der Waals surface area contributed by atoms with E-state index in [2.05, 4.69) is 244 Å². The Kier molecular flexibility index (Phi) is 46.9. The average molecular weight is 2080 g/mol. The Morgan fingerprint density at radius 3 is 0.701 bits per heavy atom. The van der Waals surface area contributed by atoms with Crippen molar-refractivity contribution in [2.45, 2.75) is 186 Å². The van der Waals surface area contributed by atoms with Crippen LogP contribution in [0.2, 0.25) is 35.2 Å². The number of nitrogens with zero attached hydrogens (tertiary/aromatic N) is 8. The van der Waals surface area contributed by atoms with Gasteiger partial charge in [0.2, 0.25) is 5.95 Å². The molecule has 752 valence electrons. The third kappa shape index (κ3) is 36.4. The SMILES string of the molecule is CC(C)C(c1ccc(Cl)cc1)c1ccc(Cl)cn1.CC(C)C(c1ccc(Cl)cc1)c1ccc(F)cn1.CC(C)C(c1ccc(Cl)cc1)c1cccc(F)n1.CC(C)C(c1ccc(Cl)cc1)c1ncccc1F.CC(C)C(c1ccc(F)cc1)c1ccc(Cl)cn1.Cc1ccc(C(c2ccc(C)cn2)C(C)C)cc1.Cc1ccc(C(c2ccc(Cl)cc2)C(C)C)nc1.Cc1cccc(C(c2ccc(F)cc2)C(C)C)n1. The van der Waals surface area contributed by atoms with Crippen LogP contribution >= 0.6 is 81.2 Å². The molecule has 0 spiro atoms. The number of aromatic nitrogens is 8. The summed E-state index contributed by atoms with van der Waals surface area (Å²) in [5, 5.41) is 4.92. The van der Waals surface area contributed by atoms with Crippen LogP contribution in [-0.4, -0.2) is 39.9 Å². The number of hydrogen-bond acceptors (Lipinski definition) is 8. The van der Waals surface area contributed by atoms with Gasteiger partial charge < -0.3 is 0 Å². The fourth-order valence-electron chi connectivity index (χ4n) is 17.6. The highest BCUT2D eigenvalue weighted by Crippen LogP contribution is 2.40. The maximum Gasteiger partial charge on any atom is 0.213 e. The molecule has 8 atom stereocenters. The second-order valence-corrected chi connectivity index (χ2v) is 41.8. The van der Waals surface area contributed by atoms with Gasteiger partial charge in [0.15, 0.2) is 0 Å². The van der Waals surface area contributed by atoms with E-state index in [-0.39, 0.29) is 64.7 Å². The van der Waals surface area contributed by atoms with Crippen LogP contribution in [0.3, 0.4) is 0 Å². The minimum absolute atomic E-state index is 0.0523. The molecule has 8 nitrogen and oxygen atoms in total. The van der Waals surface area contributed by atoms with Crippen LogP contribution in [0.1, 0.15) is 271 Å². The molecule has 16 aromatic rings. The van der Waals surface area contributed by atoms with Crippen molar-refractivity contribution in [1.29, 1.82) is 0 Å². The topological polar surface area (TPSA) is 103 Å². The predicted molar refractivity (Wildman–Crippen MR) is 593 cm³/mol. The smallest absolute Gasteiger partial charge is 0.213 e. The van der Waals surface area contributed by atoms with Crippen LogP contribution in [0.25, 0.3) is 0 Å². The van der Waals surface area contributed by atoms with Gasteiger partial charge in [0, 0.05) is 143 Å². The molecule has 0 aliphatic rings. The Bertz CT molecular complexity index is 5550. The molecule has 0 amide bonds. The summed E-state index contributed by atoms with van der Waals surface area (Å²) in [5.41, 5.74) is 21.5. The van der Waals surface area contributed by atoms with Crippen molar-refractivity contribution in [1.82, 2.24) is 39.9 Å². The van der Waals surface area contributed by atoms with Gasteiger partial charge in [0.25, 0.3) is 0 Å². The fraction of sp³-hybridized carbons (Fsp3) is 0.290. The molecule has 0 bridgehead atoms. The van der Waals surface area contributed by atoms with Gasteiger partial charge in [0.05, 0.1) is 27.6 Å². The molecule has 0 saturated carbocycles. The lowest BCUT2D eigenvalue weighted by Gasteiger charge is -2.21. The molecule has 0 aliphatic carbocycles. The zero-order valence-electron chi connectivity index (χ0n) is 85.7. The first-order valence-corrected chi connectivity index (χ1v) is 51.5. The Morgan fingerprint density at radius 2 is 0.438 bits per heavy atom. The number of hydrogen-bond donors (Lipinski definition) is 0. The quantitative estimate of drug-likeness (QED) is 0.0435. The van der Waals surface area contributed by atoms with Crippen LogP contribution in [0.15, 0.2) is 340 Å². The summed E-state index contributed by atoms with van der Waals surface area (Å²) in [7, 11) is 0. The maximum absolute atomic E-state index is 13.9. The summed E-state index contributed by atoms with van der Waals surface area (Å²) in [6.07, 6.45) is 10.1. The zero-order chi connectivity index (χ0) is 105. The molecule has 8 unspecified atom stereocenters. The highest BCUT2D eigenvalue weighted by atomic mass is 35.5. The van der Waals surface area contributed by atoms with Gasteiger partial charge >= 0.3 is 0 Å². The minimum atomic E-state index is -0.438. The molecular formula is C124H132Cl7F5N8. The van der Waals surface area contributed by atoms with Crippen molar-refractivity contribution in [3.8, 4) is 0 Å². The molecule has 144 heavy (non-hydrogen) atoms. The Hall–Kier alpha value is -11.4. The molecule has 20 heteroatoms. The largest absolute Gasteiger partial charge is 0.260 e. The van der Waals surface area contributed by atoms with Gasteiger partial charge in [-0.25, -0.2) is 22.5 Å². The number of benzene rings is 8. The van der Waals surface area contributed by atoms with Crippen molar-refractivity contribution >= 4 is 81.2 Å². The van der Waals surface area contributed by atoms with Crippen LogP contribution in [0.4, 0.5) is 22.0 Å². The number of rotatable bonds is 24. The molecule has 8 heterocycles. The standard InChI is InChI=1S/C17H21N.C16H18ClN.C16H18FN.C15H15Cl2N.4C15H15ClFN/c1-12(2)17(15-8-5-13(3)6-9-15)16-10-7-14(4)11-18-16;1-11(2)16(13-5-7-14(17)8-6-13)15-9-4-12(3)10-18-15;1-11(2)16(13-7-9-14(17)10-8-13)15-6-4-5-12(3)18-15;1-10(2)15(11-3-5-12(16)6-4-11)14-8-7-13(17)9-18-14;1-10(2)15(11-3-6-13(17)7-4-11)14-8-5-12(16)9-18-14;1-10(2)15(11-3-5-12(16)6-4-11)14-8-7-13(17)9-18-14;1-10(2)14(11-5-7-12(16)8-6-11)15-13(17)4-3-9-18-15;1-10(2)15(11-6-8-12(16)9-7-11)13-4-3-5-14(17)18-13/h5-12,17H,1-4H3;2*4-11,16H,1-3H3;3*3-10,15H,1-2H3;3-10,14H,1-2H3;3-10,15H,1-2H3. The van der Waals surface area contributed by atoms with E-state index < -0.39 is 5.95 Å². The fourth-order valence-corrected chi connectivity index (χ4v) is 18.5. The van der Waals surface area contributed by atoms with Crippen LogP contribution in [-0.2, 0) is 0 Å². The Morgan fingerprint density at radius 1 is 0.194 bits per heavy atom. The first-order chi connectivity index (χ1) is 68.6. The zero-order valence-corrected chi connectivity index (χ0v) is 91.0. The molecule has 0 N–H and O–H groups in total. The second-order valence-electron chi connectivity index (χ2n) is 38.7. The van der Waals surface area contributed by atoms with Gasteiger partial charge in [-0.15, -0.1) is 0 Å². The van der Waals surface area contributed by atoms with Crippen LogP contribution in [0.5, 0.6) is 0 Å². The summed E-state index contributed by atoms with van der Waals surface area (Å²) in [4.78, 5) is 34.9. The van der Waals surface area contributed by atoms with Crippen LogP contribution in [0, 0.1) is 104 Å². The Labute approximate surface area is 886 Å². The molecular weight excluding hydrogens is 1940 g/mol. The van der Waals surface area contributed by atoms with E-state index in [4.69, 9.17) is 81.2 Å². The minimum Gasteiger partial charge on any atom is -0.260 e. The summed E-state index contributed by atoms with van der Waals surface area (Å²) in [5.74, 6) is 3.38. The predicted octanol–water partition coefficient (Wildman–Crippen LogP) is 37.5. The monoisotopic (exact) mass is 2070 g/mol. The third-order valence-corrected chi connectivity index (χ3v) is 26.2. The summed E-state index contributed by atoms with van der Waals surface area (Å²) in [6, 6.07) is 94.5.